The van der Waals surface area contributed by atoms with Gasteiger partial charge in [0.2, 0.25) is 5.91 Å². The molecule has 0 N–H and O–H groups in total. The minimum absolute atomic E-state index is 0.101. The third-order valence-corrected chi connectivity index (χ3v) is 3.35. The SMILES string of the molecule is CCN(CC)C(=S)SCC(=O)N(C)C. The Balaban J connectivity index is 3.89. The van der Waals surface area contributed by atoms with Gasteiger partial charge >= 0.3 is 0 Å². The molecule has 82 valence electrons. The van der Waals surface area contributed by atoms with Gasteiger partial charge in [0.15, 0.2) is 0 Å². The Hall–Kier alpha value is -0.290. The number of thioether (sulfide) groups is 1. The number of carbonyl (C=O) groups is 1. The van der Waals surface area contributed by atoms with Gasteiger partial charge in [0.1, 0.15) is 4.32 Å². The average molecular weight is 234 g/mol. The molecule has 0 heterocycles. The molecule has 0 saturated carbocycles. The number of thiocarbonyl (C=S) groups is 1. The molecule has 0 fully saturated rings. The Morgan fingerprint density at radius 3 is 2.14 bits per heavy atom. The summed E-state index contributed by atoms with van der Waals surface area (Å²) < 4.78 is 0.810. The summed E-state index contributed by atoms with van der Waals surface area (Å²) in [5.74, 6) is 0.534. The Kier molecular flexibility index (Phi) is 6.92. The first-order chi connectivity index (χ1) is 6.52. The van der Waals surface area contributed by atoms with Gasteiger partial charge in [-0.25, -0.2) is 0 Å². The highest BCUT2D eigenvalue weighted by atomic mass is 32.2. The molecule has 14 heavy (non-hydrogen) atoms. The van der Waals surface area contributed by atoms with Crippen LogP contribution in [-0.2, 0) is 4.79 Å². The molecule has 0 aliphatic carbocycles. The quantitative estimate of drug-likeness (QED) is 0.687. The number of rotatable bonds is 4. The van der Waals surface area contributed by atoms with Crippen LogP contribution < -0.4 is 0 Å². The first-order valence-electron chi connectivity index (χ1n) is 4.64. The lowest BCUT2D eigenvalue weighted by molar-refractivity contribution is -0.125. The number of nitrogens with zero attached hydrogens (tertiary/aromatic N) is 2. The van der Waals surface area contributed by atoms with Crippen LogP contribution in [0.2, 0.25) is 0 Å². The normalized spacial score (nSPS) is 9.71. The van der Waals surface area contributed by atoms with Crippen LogP contribution in [0, 0.1) is 0 Å². The minimum atomic E-state index is 0.101. The van der Waals surface area contributed by atoms with Gasteiger partial charge in [0.25, 0.3) is 0 Å². The van der Waals surface area contributed by atoms with E-state index in [9.17, 15) is 4.79 Å². The molecule has 0 bridgehead atoms. The summed E-state index contributed by atoms with van der Waals surface area (Å²) in [5.41, 5.74) is 0. The summed E-state index contributed by atoms with van der Waals surface area (Å²) in [6.45, 7) is 5.92. The van der Waals surface area contributed by atoms with Gasteiger partial charge in [-0.2, -0.15) is 0 Å². The molecular weight excluding hydrogens is 216 g/mol. The molecule has 0 spiro atoms. The second kappa shape index (κ2) is 7.06. The Labute approximate surface area is 95.8 Å². The van der Waals surface area contributed by atoms with E-state index in [-0.39, 0.29) is 5.91 Å². The van der Waals surface area contributed by atoms with E-state index in [0.29, 0.717) is 5.75 Å². The van der Waals surface area contributed by atoms with Gasteiger partial charge in [0.05, 0.1) is 5.75 Å². The molecule has 1 amide bonds. The molecular formula is C9H18N2OS2. The highest BCUT2D eigenvalue weighted by Gasteiger charge is 2.09. The van der Waals surface area contributed by atoms with E-state index < -0.39 is 0 Å². The molecule has 0 aliphatic heterocycles. The van der Waals surface area contributed by atoms with E-state index in [2.05, 4.69) is 18.7 Å². The van der Waals surface area contributed by atoms with Crippen molar-refractivity contribution in [3.63, 3.8) is 0 Å². The van der Waals surface area contributed by atoms with Crippen LogP contribution in [-0.4, -0.2) is 53.0 Å². The maximum absolute atomic E-state index is 11.3. The van der Waals surface area contributed by atoms with Crippen LogP contribution >= 0.6 is 24.0 Å². The molecule has 0 atom stereocenters. The molecule has 3 nitrogen and oxygen atoms in total. The fourth-order valence-corrected chi connectivity index (χ4v) is 2.21. The standard InChI is InChI=1S/C9H18N2OS2/c1-5-11(6-2)9(13)14-7-8(12)10(3)4/h5-7H2,1-4H3. The highest BCUT2D eigenvalue weighted by molar-refractivity contribution is 8.23. The lowest BCUT2D eigenvalue weighted by Crippen LogP contribution is -2.29. The Morgan fingerprint density at radius 2 is 1.79 bits per heavy atom. The second-order valence-corrected chi connectivity index (χ2v) is 4.62. The zero-order chi connectivity index (χ0) is 11.1. The second-order valence-electron chi connectivity index (χ2n) is 3.02. The number of hydrogen-bond donors (Lipinski definition) is 0. The van der Waals surface area contributed by atoms with Crippen LogP contribution in [0.4, 0.5) is 0 Å². The lowest BCUT2D eigenvalue weighted by atomic mass is 10.6. The molecule has 0 saturated heterocycles. The number of hydrogen-bond acceptors (Lipinski definition) is 3. The van der Waals surface area contributed by atoms with E-state index >= 15 is 0 Å². The topological polar surface area (TPSA) is 23.6 Å². The zero-order valence-electron chi connectivity index (χ0n) is 9.24. The van der Waals surface area contributed by atoms with Crippen molar-refractivity contribution in [2.45, 2.75) is 13.8 Å². The van der Waals surface area contributed by atoms with Gasteiger partial charge in [0, 0.05) is 27.2 Å². The molecule has 0 unspecified atom stereocenters. The van der Waals surface area contributed by atoms with Crippen molar-refractivity contribution in [1.29, 1.82) is 0 Å². The molecule has 0 aromatic carbocycles. The summed E-state index contributed by atoms with van der Waals surface area (Å²) in [6.07, 6.45) is 0. The van der Waals surface area contributed by atoms with Crippen molar-refractivity contribution in [2.24, 2.45) is 0 Å². The van der Waals surface area contributed by atoms with Crippen molar-refractivity contribution < 1.29 is 4.79 Å². The monoisotopic (exact) mass is 234 g/mol. The van der Waals surface area contributed by atoms with Crippen molar-refractivity contribution >= 4 is 34.2 Å². The molecule has 0 aromatic rings. The first-order valence-corrected chi connectivity index (χ1v) is 6.04. The molecule has 5 heteroatoms. The summed E-state index contributed by atoms with van der Waals surface area (Å²) in [5, 5.41) is 0. The predicted octanol–water partition coefficient (Wildman–Crippen LogP) is 1.43. The van der Waals surface area contributed by atoms with Crippen LogP contribution in [0.3, 0.4) is 0 Å². The maximum atomic E-state index is 11.3. The van der Waals surface area contributed by atoms with E-state index in [0.717, 1.165) is 17.4 Å². The predicted molar refractivity (Wildman–Crippen MR) is 66.7 cm³/mol. The van der Waals surface area contributed by atoms with Crippen LogP contribution in [0.25, 0.3) is 0 Å². The largest absolute Gasteiger partial charge is 0.358 e. The Bertz CT molecular complexity index is 203. The fraction of sp³-hybridized carbons (Fsp3) is 0.778. The van der Waals surface area contributed by atoms with Gasteiger partial charge < -0.3 is 9.80 Å². The van der Waals surface area contributed by atoms with Crippen molar-refractivity contribution in [2.75, 3.05) is 32.9 Å². The third-order valence-electron chi connectivity index (χ3n) is 1.84. The number of carbonyl (C=O) groups excluding carboxylic acids is 1. The van der Waals surface area contributed by atoms with Crippen molar-refractivity contribution in [3.05, 3.63) is 0 Å². The van der Waals surface area contributed by atoms with E-state index in [1.54, 1.807) is 19.0 Å². The molecule has 0 aliphatic rings. The van der Waals surface area contributed by atoms with Gasteiger partial charge in [-0.15, -0.1) is 0 Å². The first kappa shape index (κ1) is 13.7. The molecule has 0 radical (unpaired) electrons. The zero-order valence-corrected chi connectivity index (χ0v) is 10.9. The van der Waals surface area contributed by atoms with Gasteiger partial charge in [-0.3, -0.25) is 4.79 Å². The summed E-state index contributed by atoms with van der Waals surface area (Å²) in [4.78, 5) is 14.9. The maximum Gasteiger partial charge on any atom is 0.232 e. The van der Waals surface area contributed by atoms with Crippen molar-refractivity contribution in [3.8, 4) is 0 Å². The average Bonchev–Trinajstić information content (AvgIpc) is 2.15. The Morgan fingerprint density at radius 1 is 1.29 bits per heavy atom. The van der Waals surface area contributed by atoms with Gasteiger partial charge in [-0.1, -0.05) is 24.0 Å². The summed E-state index contributed by atoms with van der Waals surface area (Å²) in [6, 6.07) is 0. The van der Waals surface area contributed by atoms with Crippen LogP contribution in [0.15, 0.2) is 0 Å². The lowest BCUT2D eigenvalue weighted by Gasteiger charge is -2.21. The fourth-order valence-electron chi connectivity index (χ4n) is 0.826. The summed E-state index contributed by atoms with van der Waals surface area (Å²) >= 11 is 6.63. The number of amides is 1. The summed E-state index contributed by atoms with van der Waals surface area (Å²) in [7, 11) is 3.51. The van der Waals surface area contributed by atoms with Crippen molar-refractivity contribution in [1.82, 2.24) is 9.80 Å². The van der Waals surface area contributed by atoms with E-state index in [1.807, 2.05) is 0 Å². The molecule has 0 aromatic heterocycles. The van der Waals surface area contributed by atoms with E-state index in [4.69, 9.17) is 12.2 Å². The molecule has 0 rings (SSSR count). The highest BCUT2D eigenvalue weighted by Crippen LogP contribution is 2.09. The van der Waals surface area contributed by atoms with Crippen LogP contribution in [0.5, 0.6) is 0 Å². The third kappa shape index (κ3) is 4.81. The van der Waals surface area contributed by atoms with Gasteiger partial charge in [-0.05, 0) is 13.8 Å². The minimum Gasteiger partial charge on any atom is -0.358 e. The van der Waals surface area contributed by atoms with Crippen LogP contribution in [0.1, 0.15) is 13.8 Å². The van der Waals surface area contributed by atoms with E-state index in [1.165, 1.54) is 11.8 Å². The smallest absolute Gasteiger partial charge is 0.232 e.